The van der Waals surface area contributed by atoms with Gasteiger partial charge in [0.05, 0.1) is 19.3 Å². The highest BCUT2D eigenvalue weighted by molar-refractivity contribution is 5.68. The average Bonchev–Trinajstić information content (AvgIpc) is 2.64. The van der Waals surface area contributed by atoms with Crippen LogP contribution in [0.3, 0.4) is 0 Å². The number of amides is 1. The van der Waals surface area contributed by atoms with Crippen LogP contribution in [0.5, 0.6) is 0 Å². The third kappa shape index (κ3) is 5.22. The summed E-state index contributed by atoms with van der Waals surface area (Å²) in [5.41, 5.74) is -0.432. The summed E-state index contributed by atoms with van der Waals surface area (Å²) in [5, 5.41) is 0. The van der Waals surface area contributed by atoms with Crippen molar-refractivity contribution < 1.29 is 14.3 Å². The number of hydrogen-bond acceptors (Lipinski definition) is 3. The minimum atomic E-state index is -0.432. The van der Waals surface area contributed by atoms with Crippen LogP contribution in [-0.4, -0.2) is 42.4 Å². The Morgan fingerprint density at radius 3 is 2.82 bits per heavy atom. The van der Waals surface area contributed by atoms with Gasteiger partial charge < -0.3 is 14.4 Å². The topological polar surface area (TPSA) is 38.8 Å². The molecule has 1 atom stereocenters. The largest absolute Gasteiger partial charge is 0.444 e. The molecule has 0 unspecified atom stereocenters. The molecular weight excluding hydrogens is 218 g/mol. The lowest BCUT2D eigenvalue weighted by Gasteiger charge is -2.24. The number of nitrogens with zero attached hydrogens (tertiary/aromatic N) is 1. The third-order valence-electron chi connectivity index (χ3n) is 2.47. The van der Waals surface area contributed by atoms with Gasteiger partial charge in [0.1, 0.15) is 5.60 Å². The van der Waals surface area contributed by atoms with Gasteiger partial charge in [-0.05, 0) is 33.6 Å². The van der Waals surface area contributed by atoms with Crippen molar-refractivity contribution in [2.75, 3.05) is 19.7 Å². The number of likely N-dealkylation sites (tertiary alicyclic amines) is 1. The Labute approximate surface area is 104 Å². The van der Waals surface area contributed by atoms with Crippen LogP contribution in [0.2, 0.25) is 0 Å². The Kier molecular flexibility index (Phi) is 5.00. The molecule has 1 amide bonds. The van der Waals surface area contributed by atoms with Gasteiger partial charge in [0.2, 0.25) is 0 Å². The molecule has 0 bridgehead atoms. The molecule has 1 heterocycles. The monoisotopic (exact) mass is 241 g/mol. The highest BCUT2D eigenvalue weighted by Crippen LogP contribution is 2.17. The zero-order valence-corrected chi connectivity index (χ0v) is 11.1. The zero-order valence-electron chi connectivity index (χ0n) is 11.1. The van der Waals surface area contributed by atoms with Gasteiger partial charge in [-0.15, -0.1) is 6.58 Å². The Bertz CT molecular complexity index is 270. The molecule has 4 heteroatoms. The van der Waals surface area contributed by atoms with Crippen LogP contribution in [0, 0.1) is 0 Å². The van der Waals surface area contributed by atoms with Crippen molar-refractivity contribution in [1.82, 2.24) is 4.90 Å². The fourth-order valence-corrected chi connectivity index (χ4v) is 1.67. The molecule has 0 radical (unpaired) electrons. The maximum Gasteiger partial charge on any atom is 0.410 e. The summed E-state index contributed by atoms with van der Waals surface area (Å²) in [4.78, 5) is 13.5. The number of carbonyl (C=O) groups is 1. The quantitative estimate of drug-likeness (QED) is 0.561. The number of carbonyl (C=O) groups excluding carboxylic acids is 1. The normalized spacial score (nSPS) is 20.4. The minimum Gasteiger partial charge on any atom is -0.444 e. The Morgan fingerprint density at radius 1 is 1.53 bits per heavy atom. The Morgan fingerprint density at radius 2 is 2.24 bits per heavy atom. The van der Waals surface area contributed by atoms with Gasteiger partial charge in [-0.3, -0.25) is 0 Å². The van der Waals surface area contributed by atoms with Crippen LogP contribution in [0.1, 0.15) is 33.6 Å². The van der Waals surface area contributed by atoms with Gasteiger partial charge in [0.15, 0.2) is 0 Å². The molecule has 0 saturated carbocycles. The Balaban J connectivity index is 2.29. The lowest BCUT2D eigenvalue weighted by molar-refractivity contribution is 0.0215. The summed E-state index contributed by atoms with van der Waals surface area (Å²) >= 11 is 0. The van der Waals surface area contributed by atoms with Gasteiger partial charge in [-0.2, -0.15) is 0 Å². The molecule has 17 heavy (non-hydrogen) atoms. The Hall–Kier alpha value is -1.03. The van der Waals surface area contributed by atoms with E-state index in [1.54, 1.807) is 4.90 Å². The molecule has 1 saturated heterocycles. The molecule has 0 N–H and O–H groups in total. The first-order valence-corrected chi connectivity index (χ1v) is 6.13. The van der Waals surface area contributed by atoms with Crippen LogP contribution in [0.25, 0.3) is 0 Å². The number of rotatable bonds is 4. The molecule has 0 aromatic carbocycles. The van der Waals surface area contributed by atoms with Crippen LogP contribution in [-0.2, 0) is 9.47 Å². The first-order chi connectivity index (χ1) is 7.92. The molecule has 4 nitrogen and oxygen atoms in total. The summed E-state index contributed by atoms with van der Waals surface area (Å²) in [5.74, 6) is 0. The number of ether oxygens (including phenoxy) is 2. The first-order valence-electron chi connectivity index (χ1n) is 6.13. The molecule has 1 aliphatic rings. The minimum absolute atomic E-state index is 0.141. The van der Waals surface area contributed by atoms with E-state index in [1.807, 2.05) is 26.8 Å². The summed E-state index contributed by atoms with van der Waals surface area (Å²) < 4.78 is 10.9. The van der Waals surface area contributed by atoms with Gasteiger partial charge in [0.25, 0.3) is 0 Å². The van der Waals surface area contributed by atoms with Gasteiger partial charge in [-0.25, -0.2) is 4.79 Å². The third-order valence-corrected chi connectivity index (χ3v) is 2.47. The zero-order chi connectivity index (χ0) is 12.9. The molecule has 1 aliphatic heterocycles. The van der Waals surface area contributed by atoms with Gasteiger partial charge in [0, 0.05) is 6.54 Å². The second-order valence-electron chi connectivity index (χ2n) is 5.29. The maximum absolute atomic E-state index is 11.8. The van der Waals surface area contributed by atoms with E-state index in [4.69, 9.17) is 9.47 Å². The van der Waals surface area contributed by atoms with E-state index in [9.17, 15) is 4.79 Å². The van der Waals surface area contributed by atoms with Crippen LogP contribution in [0.15, 0.2) is 12.7 Å². The molecule has 0 aromatic rings. The van der Waals surface area contributed by atoms with Crippen molar-refractivity contribution in [1.29, 1.82) is 0 Å². The SMILES string of the molecule is C=CCCO[C@H]1CCN(C(=O)OC(C)(C)C)C1. The molecule has 98 valence electrons. The fourth-order valence-electron chi connectivity index (χ4n) is 1.67. The predicted molar refractivity (Wildman–Crippen MR) is 67.0 cm³/mol. The highest BCUT2D eigenvalue weighted by Gasteiger charge is 2.29. The fraction of sp³-hybridized carbons (Fsp3) is 0.769. The molecule has 0 spiro atoms. The molecule has 0 aromatic heterocycles. The van der Waals surface area contributed by atoms with E-state index >= 15 is 0 Å². The van der Waals surface area contributed by atoms with Crippen LogP contribution >= 0.6 is 0 Å². The van der Waals surface area contributed by atoms with E-state index in [0.29, 0.717) is 19.7 Å². The summed E-state index contributed by atoms with van der Waals surface area (Å²) in [6.45, 7) is 11.3. The van der Waals surface area contributed by atoms with E-state index < -0.39 is 5.60 Å². The molecule has 1 rings (SSSR count). The van der Waals surface area contributed by atoms with Crippen molar-refractivity contribution >= 4 is 6.09 Å². The van der Waals surface area contributed by atoms with Crippen molar-refractivity contribution in [2.45, 2.75) is 45.3 Å². The van der Waals surface area contributed by atoms with Crippen molar-refractivity contribution in [3.63, 3.8) is 0 Å². The smallest absolute Gasteiger partial charge is 0.410 e. The van der Waals surface area contributed by atoms with E-state index in [0.717, 1.165) is 12.8 Å². The summed E-state index contributed by atoms with van der Waals surface area (Å²) in [6, 6.07) is 0. The second kappa shape index (κ2) is 6.05. The highest BCUT2D eigenvalue weighted by atomic mass is 16.6. The van der Waals surface area contributed by atoms with E-state index in [1.165, 1.54) is 0 Å². The first kappa shape index (κ1) is 14.0. The van der Waals surface area contributed by atoms with Crippen molar-refractivity contribution in [3.8, 4) is 0 Å². The van der Waals surface area contributed by atoms with Gasteiger partial charge in [-0.1, -0.05) is 6.08 Å². The lowest BCUT2D eigenvalue weighted by atomic mass is 10.2. The van der Waals surface area contributed by atoms with E-state index in [-0.39, 0.29) is 12.2 Å². The van der Waals surface area contributed by atoms with Crippen molar-refractivity contribution in [3.05, 3.63) is 12.7 Å². The van der Waals surface area contributed by atoms with Crippen LogP contribution < -0.4 is 0 Å². The molecular formula is C13H23NO3. The molecule has 0 aliphatic carbocycles. The molecule has 1 fully saturated rings. The predicted octanol–water partition coefficient (Wildman–Crippen LogP) is 2.59. The lowest BCUT2D eigenvalue weighted by Crippen LogP contribution is -2.36. The van der Waals surface area contributed by atoms with Gasteiger partial charge >= 0.3 is 6.09 Å². The standard InChI is InChI=1S/C13H23NO3/c1-5-6-9-16-11-7-8-14(10-11)12(15)17-13(2,3)4/h5,11H,1,6-10H2,2-4H3/t11-/m0/s1. The average molecular weight is 241 g/mol. The summed E-state index contributed by atoms with van der Waals surface area (Å²) in [7, 11) is 0. The van der Waals surface area contributed by atoms with E-state index in [2.05, 4.69) is 6.58 Å². The number of hydrogen-bond donors (Lipinski definition) is 0. The maximum atomic E-state index is 11.8. The van der Waals surface area contributed by atoms with Crippen molar-refractivity contribution in [2.24, 2.45) is 0 Å². The summed E-state index contributed by atoms with van der Waals surface area (Å²) in [6.07, 6.45) is 3.47. The second-order valence-corrected chi connectivity index (χ2v) is 5.29. The van der Waals surface area contributed by atoms with Crippen LogP contribution in [0.4, 0.5) is 4.79 Å².